The maximum absolute atomic E-state index is 2.16. The molecule has 0 aliphatic carbocycles. The second kappa shape index (κ2) is 5.10. The van der Waals surface area contributed by atoms with Crippen molar-refractivity contribution in [3.63, 3.8) is 0 Å². The first-order chi connectivity index (χ1) is 4.72. The molecule has 0 aromatic heterocycles. The predicted molar refractivity (Wildman–Crippen MR) is 46.9 cm³/mol. The highest BCUT2D eigenvalue weighted by Gasteiger charge is 1.91. The van der Waals surface area contributed by atoms with Gasteiger partial charge in [0.25, 0.3) is 0 Å². The van der Waals surface area contributed by atoms with E-state index in [1.54, 1.807) is 0 Å². The lowest BCUT2D eigenvalue weighted by molar-refractivity contribution is 0.494. The molecule has 0 aliphatic rings. The van der Waals surface area contributed by atoms with Crippen LogP contribution in [0.1, 0.15) is 20.3 Å². The summed E-state index contributed by atoms with van der Waals surface area (Å²) in [6.45, 7) is 4.19. The molecule has 1 nitrogen and oxygen atoms in total. The highest BCUT2D eigenvalue weighted by molar-refractivity contribution is 5.09. The standard InChI is InChI=1S/C9H17N/c1-5-7-8-9(6-2)10(3)4/h5,7-8H,6H2,1-4H3. The summed E-state index contributed by atoms with van der Waals surface area (Å²) < 4.78 is 0. The fraction of sp³-hybridized carbons (Fsp3) is 0.556. The molecular formula is C9H17N. The van der Waals surface area contributed by atoms with Crippen LogP contribution in [0.5, 0.6) is 0 Å². The zero-order valence-electron chi connectivity index (χ0n) is 7.39. The van der Waals surface area contributed by atoms with Crippen LogP contribution in [0.4, 0.5) is 0 Å². The van der Waals surface area contributed by atoms with Gasteiger partial charge in [-0.25, -0.2) is 0 Å². The third-order valence-electron chi connectivity index (χ3n) is 1.42. The largest absolute Gasteiger partial charge is 0.381 e. The van der Waals surface area contributed by atoms with E-state index in [1.807, 2.05) is 13.0 Å². The Morgan fingerprint density at radius 1 is 1.40 bits per heavy atom. The van der Waals surface area contributed by atoms with E-state index >= 15 is 0 Å². The van der Waals surface area contributed by atoms with Crippen LogP contribution >= 0.6 is 0 Å². The average molecular weight is 139 g/mol. The highest BCUT2D eigenvalue weighted by atomic mass is 15.1. The summed E-state index contributed by atoms with van der Waals surface area (Å²) >= 11 is 0. The molecule has 0 atom stereocenters. The third kappa shape index (κ3) is 3.33. The molecular weight excluding hydrogens is 122 g/mol. The Balaban J connectivity index is 4.04. The van der Waals surface area contributed by atoms with Gasteiger partial charge in [-0.1, -0.05) is 19.1 Å². The monoisotopic (exact) mass is 139 g/mol. The smallest absolute Gasteiger partial charge is 0.0124 e. The van der Waals surface area contributed by atoms with Crippen LogP contribution in [0, 0.1) is 0 Å². The molecule has 0 spiro atoms. The van der Waals surface area contributed by atoms with Crippen molar-refractivity contribution in [2.45, 2.75) is 20.3 Å². The third-order valence-corrected chi connectivity index (χ3v) is 1.42. The van der Waals surface area contributed by atoms with Gasteiger partial charge in [-0.15, -0.1) is 0 Å². The fourth-order valence-corrected chi connectivity index (χ4v) is 0.790. The lowest BCUT2D eigenvalue weighted by atomic mass is 10.3. The van der Waals surface area contributed by atoms with Gasteiger partial charge in [0, 0.05) is 19.8 Å². The lowest BCUT2D eigenvalue weighted by Gasteiger charge is -2.14. The van der Waals surface area contributed by atoms with Crippen molar-refractivity contribution < 1.29 is 0 Å². The molecule has 0 aromatic carbocycles. The molecule has 1 heteroatoms. The first-order valence-corrected chi connectivity index (χ1v) is 3.71. The van der Waals surface area contributed by atoms with Crippen LogP contribution in [0.15, 0.2) is 23.9 Å². The molecule has 0 N–H and O–H groups in total. The molecule has 0 saturated heterocycles. The van der Waals surface area contributed by atoms with Gasteiger partial charge in [-0.2, -0.15) is 0 Å². The van der Waals surface area contributed by atoms with Crippen molar-refractivity contribution in [1.29, 1.82) is 0 Å². The van der Waals surface area contributed by atoms with Crippen LogP contribution in [0.25, 0.3) is 0 Å². The Morgan fingerprint density at radius 2 is 2.00 bits per heavy atom. The van der Waals surface area contributed by atoms with Crippen LogP contribution in [-0.4, -0.2) is 19.0 Å². The summed E-state index contributed by atoms with van der Waals surface area (Å²) in [4.78, 5) is 2.14. The molecule has 0 fully saturated rings. The number of hydrogen-bond acceptors (Lipinski definition) is 1. The van der Waals surface area contributed by atoms with Gasteiger partial charge in [-0.05, 0) is 19.4 Å². The van der Waals surface area contributed by atoms with E-state index in [1.165, 1.54) is 5.70 Å². The van der Waals surface area contributed by atoms with E-state index < -0.39 is 0 Å². The summed E-state index contributed by atoms with van der Waals surface area (Å²) in [5.74, 6) is 0. The minimum atomic E-state index is 1.09. The Bertz CT molecular complexity index is 132. The summed E-state index contributed by atoms with van der Waals surface area (Å²) in [6, 6.07) is 0. The van der Waals surface area contributed by atoms with Crippen LogP contribution in [0.2, 0.25) is 0 Å². The quantitative estimate of drug-likeness (QED) is 0.543. The second-order valence-corrected chi connectivity index (χ2v) is 2.43. The van der Waals surface area contributed by atoms with Gasteiger partial charge in [-0.3, -0.25) is 0 Å². The minimum Gasteiger partial charge on any atom is -0.381 e. The first kappa shape index (κ1) is 9.28. The topological polar surface area (TPSA) is 3.24 Å². The lowest BCUT2D eigenvalue weighted by Crippen LogP contribution is -2.09. The van der Waals surface area contributed by atoms with Gasteiger partial charge >= 0.3 is 0 Å². The van der Waals surface area contributed by atoms with E-state index in [0.717, 1.165) is 6.42 Å². The van der Waals surface area contributed by atoms with E-state index in [4.69, 9.17) is 0 Å². The zero-order chi connectivity index (χ0) is 7.98. The molecule has 0 bridgehead atoms. The van der Waals surface area contributed by atoms with Gasteiger partial charge in [0.05, 0.1) is 0 Å². The van der Waals surface area contributed by atoms with E-state index in [0.29, 0.717) is 0 Å². The number of hydrogen-bond donors (Lipinski definition) is 0. The fourth-order valence-electron chi connectivity index (χ4n) is 0.790. The zero-order valence-corrected chi connectivity index (χ0v) is 7.39. The molecule has 0 aliphatic heterocycles. The van der Waals surface area contributed by atoms with Crippen molar-refractivity contribution in [2.75, 3.05) is 14.1 Å². The Morgan fingerprint density at radius 3 is 2.30 bits per heavy atom. The Hall–Kier alpha value is -0.720. The maximum Gasteiger partial charge on any atom is 0.0124 e. The van der Waals surface area contributed by atoms with E-state index in [-0.39, 0.29) is 0 Å². The summed E-state index contributed by atoms with van der Waals surface area (Å²) in [6.07, 6.45) is 7.34. The van der Waals surface area contributed by atoms with Crippen molar-refractivity contribution in [3.8, 4) is 0 Å². The molecule has 10 heavy (non-hydrogen) atoms. The van der Waals surface area contributed by atoms with Crippen molar-refractivity contribution in [2.24, 2.45) is 0 Å². The molecule has 0 saturated carbocycles. The van der Waals surface area contributed by atoms with Crippen molar-refractivity contribution >= 4 is 0 Å². The van der Waals surface area contributed by atoms with Gasteiger partial charge in [0.15, 0.2) is 0 Å². The Labute approximate surface area is 64.0 Å². The number of nitrogens with zero attached hydrogens (tertiary/aromatic N) is 1. The summed E-state index contributed by atoms with van der Waals surface area (Å²) in [7, 11) is 4.14. The first-order valence-electron chi connectivity index (χ1n) is 3.71. The molecule has 0 aromatic rings. The minimum absolute atomic E-state index is 1.09. The number of allylic oxidation sites excluding steroid dienone is 4. The van der Waals surface area contributed by atoms with Gasteiger partial charge < -0.3 is 4.90 Å². The predicted octanol–water partition coefficient (Wildman–Crippen LogP) is 2.42. The van der Waals surface area contributed by atoms with E-state index in [9.17, 15) is 0 Å². The SMILES string of the molecule is CC=CC=C(CC)N(C)C. The van der Waals surface area contributed by atoms with Crippen molar-refractivity contribution in [1.82, 2.24) is 4.90 Å². The molecule has 0 unspecified atom stereocenters. The highest BCUT2D eigenvalue weighted by Crippen LogP contribution is 2.02. The summed E-state index contributed by atoms with van der Waals surface area (Å²) in [5.41, 5.74) is 1.36. The molecule has 0 rings (SSSR count). The van der Waals surface area contributed by atoms with Gasteiger partial charge in [0.1, 0.15) is 0 Å². The normalized spacial score (nSPS) is 12.6. The van der Waals surface area contributed by atoms with Crippen LogP contribution in [0.3, 0.4) is 0 Å². The van der Waals surface area contributed by atoms with Gasteiger partial charge in [0.2, 0.25) is 0 Å². The summed E-state index contributed by atoms with van der Waals surface area (Å²) in [5, 5.41) is 0. The maximum atomic E-state index is 2.16. The van der Waals surface area contributed by atoms with Crippen LogP contribution < -0.4 is 0 Å². The second-order valence-electron chi connectivity index (χ2n) is 2.43. The average Bonchev–Trinajstić information content (AvgIpc) is 1.89. The molecule has 0 amide bonds. The van der Waals surface area contributed by atoms with Crippen LogP contribution in [-0.2, 0) is 0 Å². The molecule has 58 valence electrons. The molecule has 0 radical (unpaired) electrons. The number of rotatable bonds is 3. The van der Waals surface area contributed by atoms with E-state index in [2.05, 4.69) is 38.1 Å². The Kier molecular flexibility index (Phi) is 4.73. The molecule has 0 heterocycles. The van der Waals surface area contributed by atoms with Crippen molar-refractivity contribution in [3.05, 3.63) is 23.9 Å².